The molecular weight excluding hydrogens is 391 g/mol. The van der Waals surface area contributed by atoms with E-state index in [1.165, 1.54) is 25.6 Å². The summed E-state index contributed by atoms with van der Waals surface area (Å²) < 4.78 is 21.8. The monoisotopic (exact) mass is 410 g/mol. The number of rotatable bonds is 3. The molecule has 0 bridgehead atoms. The van der Waals surface area contributed by atoms with Gasteiger partial charge in [0.25, 0.3) is 0 Å². The molecular formula is C20H19FN6O3. The number of imidazole rings is 2. The zero-order chi connectivity index (χ0) is 20.8. The fourth-order valence-electron chi connectivity index (χ4n) is 4.24. The second-order valence-corrected chi connectivity index (χ2v) is 7.48. The van der Waals surface area contributed by atoms with Crippen molar-refractivity contribution in [2.24, 2.45) is 5.92 Å². The largest absolute Gasteiger partial charge is 0.469 e. The lowest BCUT2D eigenvalue weighted by Crippen LogP contribution is -2.29. The van der Waals surface area contributed by atoms with Crippen molar-refractivity contribution in [3.63, 3.8) is 0 Å². The summed E-state index contributed by atoms with van der Waals surface area (Å²) >= 11 is 0. The van der Waals surface area contributed by atoms with Gasteiger partial charge < -0.3 is 9.72 Å². The van der Waals surface area contributed by atoms with Gasteiger partial charge in [0, 0.05) is 12.1 Å². The van der Waals surface area contributed by atoms with Crippen LogP contribution in [0.3, 0.4) is 0 Å². The minimum Gasteiger partial charge on any atom is -0.469 e. The van der Waals surface area contributed by atoms with E-state index in [-0.39, 0.29) is 29.4 Å². The lowest BCUT2D eigenvalue weighted by Gasteiger charge is -2.27. The number of hydrogen-bond donors (Lipinski definition) is 1. The maximum atomic E-state index is 13.7. The first-order chi connectivity index (χ1) is 14.5. The van der Waals surface area contributed by atoms with Crippen molar-refractivity contribution in [1.29, 1.82) is 0 Å². The standard InChI is InChI=1S/C20H19FN6O3/c1-30-18(28)11-2-5-13(6-3-11)27-17-15(24-20(27)29)9-22-19(25-17)26-10-23-14-7-4-12(21)8-16(14)26/h4,7-11,13H,2-3,5-6H2,1H3,(H,24,29)/t11-,13-. The number of carbonyl (C=O) groups is 1. The minimum absolute atomic E-state index is 0.0770. The van der Waals surface area contributed by atoms with Crippen molar-refractivity contribution < 1.29 is 13.9 Å². The molecule has 5 rings (SSSR count). The van der Waals surface area contributed by atoms with Gasteiger partial charge in [0.15, 0.2) is 5.65 Å². The number of nitrogens with zero attached hydrogens (tertiary/aromatic N) is 5. The van der Waals surface area contributed by atoms with Crippen LogP contribution >= 0.6 is 0 Å². The van der Waals surface area contributed by atoms with Crippen molar-refractivity contribution >= 4 is 28.2 Å². The summed E-state index contributed by atoms with van der Waals surface area (Å²) in [4.78, 5) is 40.4. The molecule has 1 aliphatic carbocycles. The number of methoxy groups -OCH3 is 1. The topological polar surface area (TPSA) is 108 Å². The molecule has 0 saturated heterocycles. The van der Waals surface area contributed by atoms with Gasteiger partial charge in [0.05, 0.1) is 30.3 Å². The minimum atomic E-state index is -0.383. The first kappa shape index (κ1) is 18.5. The SMILES string of the molecule is COC(=O)[C@H]1CC[C@H](n2c(=O)[nH]c3cnc(-n4cnc5ccc(F)cc54)nc32)CC1. The van der Waals surface area contributed by atoms with E-state index in [4.69, 9.17) is 4.74 Å². The van der Waals surface area contributed by atoms with Crippen LogP contribution in [0.1, 0.15) is 31.7 Å². The predicted molar refractivity (Wildman–Crippen MR) is 106 cm³/mol. The maximum absolute atomic E-state index is 13.7. The van der Waals surface area contributed by atoms with Gasteiger partial charge in [-0.1, -0.05) is 0 Å². The Kier molecular flexibility index (Phi) is 4.34. The Morgan fingerprint density at radius 2 is 2.03 bits per heavy atom. The number of esters is 1. The fraction of sp³-hybridized carbons (Fsp3) is 0.350. The van der Waals surface area contributed by atoms with Crippen molar-refractivity contribution in [3.8, 4) is 5.95 Å². The van der Waals surface area contributed by atoms with Gasteiger partial charge in [-0.3, -0.25) is 13.9 Å². The van der Waals surface area contributed by atoms with Crippen LogP contribution in [0, 0.1) is 11.7 Å². The lowest BCUT2D eigenvalue weighted by molar-refractivity contribution is -0.146. The van der Waals surface area contributed by atoms with Gasteiger partial charge in [-0.2, -0.15) is 4.98 Å². The molecule has 10 heteroatoms. The predicted octanol–water partition coefficient (Wildman–Crippen LogP) is 2.50. The molecule has 3 heterocycles. The quantitative estimate of drug-likeness (QED) is 0.520. The molecule has 3 aromatic heterocycles. The Balaban J connectivity index is 1.54. The molecule has 0 aliphatic heterocycles. The number of ether oxygens (including phenoxy) is 1. The Hall–Kier alpha value is -3.56. The summed E-state index contributed by atoms with van der Waals surface area (Å²) in [7, 11) is 1.39. The van der Waals surface area contributed by atoms with Crippen molar-refractivity contribution in [2.75, 3.05) is 7.11 Å². The van der Waals surface area contributed by atoms with Gasteiger partial charge in [0.1, 0.15) is 17.7 Å². The van der Waals surface area contributed by atoms with E-state index in [1.54, 1.807) is 21.4 Å². The highest BCUT2D eigenvalue weighted by atomic mass is 19.1. The average Bonchev–Trinajstić information content (AvgIpc) is 3.32. The van der Waals surface area contributed by atoms with E-state index < -0.39 is 0 Å². The number of nitrogens with one attached hydrogen (secondary N) is 1. The normalized spacial score (nSPS) is 19.4. The van der Waals surface area contributed by atoms with Crippen molar-refractivity contribution in [3.05, 3.63) is 47.0 Å². The first-order valence-electron chi connectivity index (χ1n) is 9.73. The van der Waals surface area contributed by atoms with Crippen LogP contribution in [0.15, 0.2) is 35.5 Å². The van der Waals surface area contributed by atoms with Crippen LogP contribution in [-0.2, 0) is 9.53 Å². The maximum Gasteiger partial charge on any atom is 0.327 e. The van der Waals surface area contributed by atoms with E-state index in [9.17, 15) is 14.0 Å². The number of aromatic amines is 1. The number of benzene rings is 1. The van der Waals surface area contributed by atoms with Crippen LogP contribution < -0.4 is 5.69 Å². The van der Waals surface area contributed by atoms with E-state index in [0.29, 0.717) is 53.8 Å². The third-order valence-corrected chi connectivity index (χ3v) is 5.77. The molecule has 30 heavy (non-hydrogen) atoms. The number of fused-ring (bicyclic) bond motifs is 2. The van der Waals surface area contributed by atoms with Crippen LogP contribution in [0.2, 0.25) is 0 Å². The summed E-state index contributed by atoms with van der Waals surface area (Å²) in [5, 5.41) is 0. The van der Waals surface area contributed by atoms with E-state index in [2.05, 4.69) is 19.9 Å². The third kappa shape index (κ3) is 2.95. The summed E-state index contributed by atoms with van der Waals surface area (Å²) in [6.45, 7) is 0. The van der Waals surface area contributed by atoms with Crippen LogP contribution in [0.25, 0.3) is 28.1 Å². The Morgan fingerprint density at radius 3 is 2.80 bits per heavy atom. The molecule has 9 nitrogen and oxygen atoms in total. The van der Waals surface area contributed by atoms with Gasteiger partial charge in [0.2, 0.25) is 5.95 Å². The highest BCUT2D eigenvalue weighted by Gasteiger charge is 2.29. The molecule has 0 amide bonds. The molecule has 0 unspecified atom stereocenters. The third-order valence-electron chi connectivity index (χ3n) is 5.77. The Bertz CT molecular complexity index is 1320. The molecule has 0 spiro atoms. The van der Waals surface area contributed by atoms with Crippen molar-refractivity contribution in [1.82, 2.24) is 29.1 Å². The first-order valence-corrected chi connectivity index (χ1v) is 9.73. The second-order valence-electron chi connectivity index (χ2n) is 7.48. The zero-order valence-electron chi connectivity index (χ0n) is 16.2. The highest BCUT2D eigenvalue weighted by molar-refractivity contribution is 5.77. The molecule has 1 saturated carbocycles. The number of carbonyl (C=O) groups excluding carboxylic acids is 1. The van der Waals surface area contributed by atoms with Gasteiger partial charge in [-0.15, -0.1) is 0 Å². The van der Waals surface area contributed by atoms with Crippen LogP contribution in [-0.4, -0.2) is 42.1 Å². The number of aromatic nitrogens is 6. The Labute approximate surface area is 169 Å². The molecule has 154 valence electrons. The smallest absolute Gasteiger partial charge is 0.327 e. The highest BCUT2D eigenvalue weighted by Crippen LogP contribution is 2.33. The van der Waals surface area contributed by atoms with Gasteiger partial charge in [-0.05, 0) is 37.8 Å². The lowest BCUT2D eigenvalue weighted by atomic mass is 9.86. The fourth-order valence-corrected chi connectivity index (χ4v) is 4.24. The van der Waals surface area contributed by atoms with E-state index in [1.807, 2.05) is 0 Å². The molecule has 0 radical (unpaired) electrons. The molecule has 1 fully saturated rings. The summed E-state index contributed by atoms with van der Waals surface area (Å²) in [5.74, 6) is -0.425. The zero-order valence-corrected chi connectivity index (χ0v) is 16.2. The van der Waals surface area contributed by atoms with Gasteiger partial charge >= 0.3 is 11.7 Å². The summed E-state index contributed by atoms with van der Waals surface area (Å²) in [6, 6.07) is 4.23. The van der Waals surface area contributed by atoms with Crippen molar-refractivity contribution in [2.45, 2.75) is 31.7 Å². The average molecular weight is 410 g/mol. The van der Waals surface area contributed by atoms with Gasteiger partial charge in [-0.25, -0.2) is 19.2 Å². The summed E-state index contributed by atoms with van der Waals surface area (Å²) in [6.07, 6.45) is 5.72. The van der Waals surface area contributed by atoms with E-state index >= 15 is 0 Å². The molecule has 1 aromatic carbocycles. The number of halogens is 1. The van der Waals surface area contributed by atoms with E-state index in [0.717, 1.165) is 0 Å². The number of H-pyrrole nitrogens is 1. The number of hydrogen-bond acceptors (Lipinski definition) is 6. The van der Waals surface area contributed by atoms with Crippen LogP contribution in [0.5, 0.6) is 0 Å². The molecule has 0 atom stereocenters. The second kappa shape index (κ2) is 7.05. The molecule has 4 aromatic rings. The molecule has 1 N–H and O–H groups in total. The molecule has 1 aliphatic rings. The Morgan fingerprint density at radius 1 is 1.23 bits per heavy atom. The summed E-state index contributed by atoms with van der Waals surface area (Å²) in [5.41, 5.74) is 1.89. The van der Waals surface area contributed by atoms with Crippen LogP contribution in [0.4, 0.5) is 4.39 Å².